The minimum absolute atomic E-state index is 0.195. The van der Waals surface area contributed by atoms with Crippen LogP contribution in [0.25, 0.3) is 0 Å². The van der Waals surface area contributed by atoms with Crippen LogP contribution < -0.4 is 4.74 Å². The molecule has 78 valence electrons. The molecule has 1 aromatic carbocycles. The average molecular weight is 195 g/mol. The molecule has 0 saturated carbocycles. The number of hydrogen-bond donors (Lipinski definition) is 1. The molecule has 1 atom stereocenters. The first-order chi connectivity index (χ1) is 6.56. The molecule has 0 saturated heterocycles. The summed E-state index contributed by atoms with van der Waals surface area (Å²) in [5.74, 6) is 0.961. The van der Waals surface area contributed by atoms with Crippen LogP contribution in [0.1, 0.15) is 18.5 Å². The predicted octanol–water partition coefficient (Wildman–Crippen LogP) is 2.02. The SMILES string of the molecule is COc1ccc(C(C)N(C)C)c(O)c1. The third-order valence-corrected chi connectivity index (χ3v) is 2.46. The highest BCUT2D eigenvalue weighted by Crippen LogP contribution is 2.30. The van der Waals surface area contributed by atoms with Crippen molar-refractivity contribution in [2.45, 2.75) is 13.0 Å². The number of benzene rings is 1. The highest BCUT2D eigenvalue weighted by Gasteiger charge is 2.12. The summed E-state index contributed by atoms with van der Waals surface area (Å²) in [7, 11) is 5.55. The molecule has 0 aliphatic heterocycles. The van der Waals surface area contributed by atoms with Crippen molar-refractivity contribution in [3.63, 3.8) is 0 Å². The lowest BCUT2D eigenvalue weighted by Gasteiger charge is -2.21. The molecule has 0 spiro atoms. The molecule has 1 N–H and O–H groups in total. The molecule has 0 amide bonds. The number of phenols is 1. The van der Waals surface area contributed by atoms with Crippen molar-refractivity contribution in [3.8, 4) is 11.5 Å². The van der Waals surface area contributed by atoms with Gasteiger partial charge in [0.1, 0.15) is 11.5 Å². The van der Waals surface area contributed by atoms with Gasteiger partial charge >= 0.3 is 0 Å². The van der Waals surface area contributed by atoms with E-state index in [-0.39, 0.29) is 11.8 Å². The summed E-state index contributed by atoms with van der Waals surface area (Å²) in [5, 5.41) is 9.74. The van der Waals surface area contributed by atoms with Crippen LogP contribution in [0.4, 0.5) is 0 Å². The van der Waals surface area contributed by atoms with E-state index in [1.165, 1.54) is 0 Å². The van der Waals surface area contributed by atoms with Gasteiger partial charge in [-0.1, -0.05) is 6.07 Å². The molecule has 14 heavy (non-hydrogen) atoms. The predicted molar refractivity (Wildman–Crippen MR) is 56.8 cm³/mol. The highest BCUT2D eigenvalue weighted by molar-refractivity contribution is 5.41. The quantitative estimate of drug-likeness (QED) is 0.801. The normalized spacial score (nSPS) is 12.9. The molecule has 0 radical (unpaired) electrons. The number of aromatic hydroxyl groups is 1. The lowest BCUT2D eigenvalue weighted by Crippen LogP contribution is -2.16. The smallest absolute Gasteiger partial charge is 0.124 e. The first-order valence-electron chi connectivity index (χ1n) is 4.59. The Balaban J connectivity index is 2.99. The Bertz CT molecular complexity index is 310. The zero-order valence-electron chi connectivity index (χ0n) is 9.11. The molecule has 0 fully saturated rings. The van der Waals surface area contributed by atoms with E-state index in [4.69, 9.17) is 4.74 Å². The third kappa shape index (κ3) is 2.17. The molecule has 0 aliphatic rings. The first-order valence-corrected chi connectivity index (χ1v) is 4.59. The van der Waals surface area contributed by atoms with Crippen LogP contribution in [-0.4, -0.2) is 31.2 Å². The van der Waals surface area contributed by atoms with E-state index in [0.29, 0.717) is 5.75 Å². The van der Waals surface area contributed by atoms with E-state index in [2.05, 4.69) is 0 Å². The Kier molecular flexibility index (Phi) is 3.36. The van der Waals surface area contributed by atoms with E-state index >= 15 is 0 Å². The Morgan fingerprint density at radius 2 is 2.00 bits per heavy atom. The van der Waals surface area contributed by atoms with E-state index in [0.717, 1.165) is 5.56 Å². The summed E-state index contributed by atoms with van der Waals surface area (Å²) in [6, 6.07) is 5.57. The van der Waals surface area contributed by atoms with Gasteiger partial charge in [-0.3, -0.25) is 0 Å². The first kappa shape index (κ1) is 10.9. The molecule has 1 rings (SSSR count). The number of rotatable bonds is 3. The second-order valence-electron chi connectivity index (χ2n) is 3.56. The van der Waals surface area contributed by atoms with Gasteiger partial charge in [-0.05, 0) is 27.1 Å². The second kappa shape index (κ2) is 4.33. The standard InChI is InChI=1S/C11H17NO2/c1-8(12(2)3)10-6-5-9(14-4)7-11(10)13/h5-8,13H,1-4H3. The minimum atomic E-state index is 0.195. The van der Waals surface area contributed by atoms with Crippen molar-refractivity contribution < 1.29 is 9.84 Å². The Hall–Kier alpha value is -1.22. The summed E-state index contributed by atoms with van der Waals surface area (Å²) in [6.07, 6.45) is 0. The number of phenolic OH excluding ortho intramolecular Hbond substituents is 1. The van der Waals surface area contributed by atoms with Crippen molar-refractivity contribution in [1.82, 2.24) is 4.90 Å². The van der Waals surface area contributed by atoms with Crippen LogP contribution in [0, 0.1) is 0 Å². The zero-order chi connectivity index (χ0) is 10.7. The number of hydrogen-bond acceptors (Lipinski definition) is 3. The Labute approximate surface area is 84.9 Å². The minimum Gasteiger partial charge on any atom is -0.507 e. The van der Waals surface area contributed by atoms with Crippen LogP contribution in [0.2, 0.25) is 0 Å². The van der Waals surface area contributed by atoms with E-state index in [1.807, 2.05) is 38.1 Å². The fraction of sp³-hybridized carbons (Fsp3) is 0.455. The van der Waals surface area contributed by atoms with Gasteiger partial charge < -0.3 is 14.7 Å². The summed E-state index contributed by atoms with van der Waals surface area (Å²) < 4.78 is 5.02. The molecule has 0 heterocycles. The zero-order valence-corrected chi connectivity index (χ0v) is 9.11. The molecule has 3 nitrogen and oxygen atoms in total. The molecular weight excluding hydrogens is 178 g/mol. The summed E-state index contributed by atoms with van der Waals surface area (Å²) in [4.78, 5) is 2.04. The maximum atomic E-state index is 9.74. The summed E-state index contributed by atoms with van der Waals surface area (Å²) in [6.45, 7) is 2.04. The number of methoxy groups -OCH3 is 1. The molecule has 1 aromatic rings. The molecule has 3 heteroatoms. The maximum Gasteiger partial charge on any atom is 0.124 e. The van der Waals surface area contributed by atoms with Gasteiger partial charge in [0.2, 0.25) is 0 Å². The van der Waals surface area contributed by atoms with Crippen LogP contribution in [-0.2, 0) is 0 Å². The average Bonchev–Trinajstić information content (AvgIpc) is 2.16. The summed E-state index contributed by atoms with van der Waals surface area (Å²) >= 11 is 0. The molecule has 1 unspecified atom stereocenters. The second-order valence-corrected chi connectivity index (χ2v) is 3.56. The van der Waals surface area contributed by atoms with Crippen molar-refractivity contribution in [2.24, 2.45) is 0 Å². The van der Waals surface area contributed by atoms with Gasteiger partial charge in [0.05, 0.1) is 7.11 Å². The lowest BCUT2D eigenvalue weighted by molar-refractivity contribution is 0.310. The molecule has 0 aliphatic carbocycles. The van der Waals surface area contributed by atoms with Gasteiger partial charge in [-0.2, -0.15) is 0 Å². The van der Waals surface area contributed by atoms with E-state index < -0.39 is 0 Å². The van der Waals surface area contributed by atoms with Crippen LogP contribution in [0.5, 0.6) is 11.5 Å². The van der Waals surface area contributed by atoms with Gasteiger partial charge in [0.15, 0.2) is 0 Å². The van der Waals surface area contributed by atoms with E-state index in [1.54, 1.807) is 13.2 Å². The number of ether oxygens (including phenoxy) is 1. The van der Waals surface area contributed by atoms with Crippen LogP contribution >= 0.6 is 0 Å². The van der Waals surface area contributed by atoms with Gasteiger partial charge in [0, 0.05) is 17.7 Å². The maximum absolute atomic E-state index is 9.74. The molecular formula is C11H17NO2. The Morgan fingerprint density at radius 1 is 1.36 bits per heavy atom. The fourth-order valence-corrected chi connectivity index (χ4v) is 1.28. The van der Waals surface area contributed by atoms with Crippen LogP contribution in [0.15, 0.2) is 18.2 Å². The molecule has 0 aromatic heterocycles. The van der Waals surface area contributed by atoms with Gasteiger partial charge in [-0.25, -0.2) is 0 Å². The van der Waals surface area contributed by atoms with Crippen LogP contribution in [0.3, 0.4) is 0 Å². The number of nitrogens with zero attached hydrogens (tertiary/aromatic N) is 1. The summed E-state index contributed by atoms with van der Waals surface area (Å²) in [5.41, 5.74) is 0.913. The largest absolute Gasteiger partial charge is 0.507 e. The van der Waals surface area contributed by atoms with Crippen molar-refractivity contribution in [1.29, 1.82) is 0 Å². The van der Waals surface area contributed by atoms with Gasteiger partial charge in [0.25, 0.3) is 0 Å². The van der Waals surface area contributed by atoms with Gasteiger partial charge in [-0.15, -0.1) is 0 Å². The fourth-order valence-electron chi connectivity index (χ4n) is 1.28. The highest BCUT2D eigenvalue weighted by atomic mass is 16.5. The third-order valence-electron chi connectivity index (χ3n) is 2.46. The Morgan fingerprint density at radius 3 is 2.43 bits per heavy atom. The van der Waals surface area contributed by atoms with E-state index in [9.17, 15) is 5.11 Å². The topological polar surface area (TPSA) is 32.7 Å². The van der Waals surface area contributed by atoms with Crippen molar-refractivity contribution in [2.75, 3.05) is 21.2 Å². The lowest BCUT2D eigenvalue weighted by atomic mass is 10.1. The van der Waals surface area contributed by atoms with Crippen molar-refractivity contribution >= 4 is 0 Å². The van der Waals surface area contributed by atoms with Crippen molar-refractivity contribution in [3.05, 3.63) is 23.8 Å². The molecule has 0 bridgehead atoms. The monoisotopic (exact) mass is 195 g/mol.